The third-order valence-corrected chi connectivity index (χ3v) is 4.09. The van der Waals surface area contributed by atoms with Crippen LogP contribution in [0.2, 0.25) is 0 Å². The average Bonchev–Trinajstić information content (AvgIpc) is 2.76. The van der Waals surface area contributed by atoms with Crippen molar-refractivity contribution in [2.24, 2.45) is 0 Å². The zero-order valence-corrected chi connectivity index (χ0v) is 14.0. The molecule has 0 unspecified atom stereocenters. The molecule has 2 aromatic heterocycles. The van der Waals surface area contributed by atoms with Gasteiger partial charge in [0, 0.05) is 0 Å². The highest BCUT2D eigenvalue weighted by Crippen LogP contribution is 2.26. The first-order valence-electron chi connectivity index (χ1n) is 7.91. The fraction of sp³-hybridized carbons (Fsp3) is 0. The Bertz CT molecular complexity index is 1350. The molecule has 0 aliphatic rings. The van der Waals surface area contributed by atoms with E-state index in [2.05, 4.69) is 19.9 Å². The summed E-state index contributed by atoms with van der Waals surface area (Å²) in [5, 5.41) is 36.4. The maximum atomic E-state index is 9.14. The number of hydrogen-bond acceptors (Lipinski definition) is 8. The molecule has 0 aliphatic carbocycles. The summed E-state index contributed by atoms with van der Waals surface area (Å²) in [6.07, 6.45) is 0. The molecule has 8 nitrogen and oxygen atoms in total. The Hall–Kier alpha value is -4.92. The van der Waals surface area contributed by atoms with Gasteiger partial charge in [0.2, 0.25) is 0 Å². The molecular weight excluding hydrogens is 352 g/mol. The topological polar surface area (TPSA) is 147 Å². The Morgan fingerprint density at radius 2 is 0.786 bits per heavy atom. The molecule has 4 aromatic rings. The number of fused-ring (bicyclic) bond motifs is 2. The highest BCUT2D eigenvalue weighted by Gasteiger charge is 2.11. The predicted octanol–water partition coefficient (Wildman–Crippen LogP) is 2.73. The summed E-state index contributed by atoms with van der Waals surface area (Å²) >= 11 is 0. The van der Waals surface area contributed by atoms with Crippen molar-refractivity contribution in [3.63, 3.8) is 0 Å². The van der Waals surface area contributed by atoms with E-state index >= 15 is 0 Å². The van der Waals surface area contributed by atoms with Crippen LogP contribution in [0.4, 0.5) is 0 Å². The van der Waals surface area contributed by atoms with Gasteiger partial charge in [-0.05, 0) is 35.4 Å². The predicted molar refractivity (Wildman–Crippen MR) is 96.9 cm³/mol. The number of aromatic nitrogens is 4. The average molecular weight is 358 g/mol. The van der Waals surface area contributed by atoms with Gasteiger partial charge in [-0.1, -0.05) is 12.1 Å². The first kappa shape index (κ1) is 16.5. The smallest absolute Gasteiger partial charge is 0.177 e. The molecule has 0 N–H and O–H groups in total. The normalized spacial score (nSPS) is 10.0. The number of hydrogen-bond donors (Lipinski definition) is 0. The summed E-state index contributed by atoms with van der Waals surface area (Å²) in [5.41, 5.74) is 3.48. The third-order valence-electron chi connectivity index (χ3n) is 4.09. The maximum absolute atomic E-state index is 9.14. The Labute approximate surface area is 158 Å². The van der Waals surface area contributed by atoms with Gasteiger partial charge in [0.15, 0.2) is 22.8 Å². The zero-order chi connectivity index (χ0) is 19.7. The van der Waals surface area contributed by atoms with E-state index < -0.39 is 0 Å². The van der Waals surface area contributed by atoms with Crippen LogP contribution in [-0.2, 0) is 0 Å². The fourth-order valence-electron chi connectivity index (χ4n) is 2.78. The lowest BCUT2D eigenvalue weighted by molar-refractivity contribution is 1.20. The van der Waals surface area contributed by atoms with Gasteiger partial charge >= 0.3 is 0 Å². The van der Waals surface area contributed by atoms with Crippen molar-refractivity contribution >= 4 is 22.1 Å². The highest BCUT2D eigenvalue weighted by atomic mass is 14.8. The van der Waals surface area contributed by atoms with Gasteiger partial charge in [0.1, 0.15) is 24.3 Å². The molecular formula is C20H6N8. The van der Waals surface area contributed by atoms with Crippen LogP contribution in [0.3, 0.4) is 0 Å². The molecule has 8 heteroatoms. The number of rotatable bonds is 1. The summed E-state index contributed by atoms with van der Waals surface area (Å²) < 4.78 is 0. The van der Waals surface area contributed by atoms with Gasteiger partial charge in [-0.3, -0.25) is 0 Å². The molecule has 4 rings (SSSR count). The molecule has 0 radical (unpaired) electrons. The quantitative estimate of drug-likeness (QED) is 0.504. The minimum absolute atomic E-state index is 0.0129. The van der Waals surface area contributed by atoms with Crippen LogP contribution in [-0.4, -0.2) is 19.9 Å². The first-order valence-corrected chi connectivity index (χ1v) is 7.91. The van der Waals surface area contributed by atoms with Crippen LogP contribution in [0, 0.1) is 45.3 Å². The van der Waals surface area contributed by atoms with Crippen molar-refractivity contribution in [3.05, 3.63) is 59.2 Å². The van der Waals surface area contributed by atoms with E-state index in [0.717, 1.165) is 11.1 Å². The summed E-state index contributed by atoms with van der Waals surface area (Å²) in [6, 6.07) is 18.1. The van der Waals surface area contributed by atoms with E-state index in [0.29, 0.717) is 22.1 Å². The molecule has 126 valence electrons. The summed E-state index contributed by atoms with van der Waals surface area (Å²) in [7, 11) is 0. The van der Waals surface area contributed by atoms with Crippen LogP contribution in [0.25, 0.3) is 33.2 Å². The molecule has 0 fully saturated rings. The second-order valence-corrected chi connectivity index (χ2v) is 5.70. The third kappa shape index (κ3) is 2.61. The van der Waals surface area contributed by atoms with Crippen LogP contribution >= 0.6 is 0 Å². The van der Waals surface area contributed by atoms with Crippen molar-refractivity contribution in [1.82, 2.24) is 19.9 Å². The minimum atomic E-state index is -0.0285. The molecule has 0 atom stereocenters. The van der Waals surface area contributed by atoms with Gasteiger partial charge < -0.3 is 0 Å². The van der Waals surface area contributed by atoms with Crippen molar-refractivity contribution in [1.29, 1.82) is 21.0 Å². The standard InChI is InChI=1S/C20H6N8/c21-7-17-19(9-23)27-15-5-11(1-3-13(15)25-17)12-2-4-14-16(6-12)28-20(10-24)18(8-22)26-14/h1-6H. The lowest BCUT2D eigenvalue weighted by Crippen LogP contribution is -1.96. The Morgan fingerprint density at radius 1 is 0.464 bits per heavy atom. The Balaban J connectivity index is 1.89. The van der Waals surface area contributed by atoms with E-state index in [1.807, 2.05) is 36.4 Å². The van der Waals surface area contributed by atoms with Crippen LogP contribution in [0.15, 0.2) is 36.4 Å². The van der Waals surface area contributed by atoms with Crippen molar-refractivity contribution in [3.8, 4) is 35.4 Å². The summed E-state index contributed by atoms with van der Waals surface area (Å²) in [5.74, 6) is 0. The molecule has 0 amide bonds. The first-order chi connectivity index (χ1) is 13.7. The molecule has 2 heterocycles. The molecule has 0 saturated heterocycles. The molecule has 0 spiro atoms. The minimum Gasteiger partial charge on any atom is -0.232 e. The lowest BCUT2D eigenvalue weighted by Gasteiger charge is -2.06. The van der Waals surface area contributed by atoms with E-state index in [-0.39, 0.29) is 22.8 Å². The molecule has 2 aromatic carbocycles. The van der Waals surface area contributed by atoms with Crippen molar-refractivity contribution < 1.29 is 0 Å². The van der Waals surface area contributed by atoms with Crippen LogP contribution < -0.4 is 0 Å². The molecule has 28 heavy (non-hydrogen) atoms. The van der Waals surface area contributed by atoms with E-state index in [9.17, 15) is 0 Å². The fourth-order valence-corrected chi connectivity index (χ4v) is 2.78. The number of nitriles is 4. The van der Waals surface area contributed by atoms with Crippen LogP contribution in [0.5, 0.6) is 0 Å². The molecule has 0 saturated carbocycles. The largest absolute Gasteiger partial charge is 0.232 e. The van der Waals surface area contributed by atoms with Crippen molar-refractivity contribution in [2.45, 2.75) is 0 Å². The zero-order valence-electron chi connectivity index (χ0n) is 14.0. The van der Waals surface area contributed by atoms with Crippen molar-refractivity contribution in [2.75, 3.05) is 0 Å². The Morgan fingerprint density at radius 3 is 1.11 bits per heavy atom. The van der Waals surface area contributed by atoms with E-state index in [4.69, 9.17) is 21.0 Å². The maximum Gasteiger partial charge on any atom is 0.177 e. The summed E-state index contributed by atoms with van der Waals surface area (Å²) in [4.78, 5) is 16.7. The number of benzene rings is 2. The highest BCUT2D eigenvalue weighted by molar-refractivity contribution is 5.86. The molecule has 0 bridgehead atoms. The Kier molecular flexibility index (Phi) is 3.80. The van der Waals surface area contributed by atoms with Gasteiger partial charge in [0.25, 0.3) is 0 Å². The van der Waals surface area contributed by atoms with E-state index in [1.54, 1.807) is 24.3 Å². The van der Waals surface area contributed by atoms with Gasteiger partial charge in [-0.2, -0.15) is 21.0 Å². The second-order valence-electron chi connectivity index (χ2n) is 5.70. The SMILES string of the molecule is N#Cc1nc2ccc(-c3ccc4nc(C#N)c(C#N)nc4c3)cc2nc1C#N. The second kappa shape index (κ2) is 6.42. The van der Waals surface area contributed by atoms with Gasteiger partial charge in [-0.15, -0.1) is 0 Å². The van der Waals surface area contributed by atoms with Crippen LogP contribution in [0.1, 0.15) is 22.8 Å². The molecule has 0 aliphatic heterocycles. The monoisotopic (exact) mass is 358 g/mol. The van der Waals surface area contributed by atoms with Gasteiger partial charge in [-0.25, -0.2) is 19.9 Å². The van der Waals surface area contributed by atoms with Gasteiger partial charge in [0.05, 0.1) is 22.1 Å². The van der Waals surface area contributed by atoms with E-state index in [1.165, 1.54) is 0 Å². The number of nitrogens with zero attached hydrogens (tertiary/aromatic N) is 8. The summed E-state index contributed by atoms with van der Waals surface area (Å²) in [6.45, 7) is 0. The lowest BCUT2D eigenvalue weighted by atomic mass is 10.0.